The van der Waals surface area contributed by atoms with Crippen molar-refractivity contribution in [3.05, 3.63) is 35.9 Å². The monoisotopic (exact) mass is 370 g/mol. The molecule has 1 heterocycles. The van der Waals surface area contributed by atoms with E-state index in [4.69, 9.17) is 14.2 Å². The van der Waals surface area contributed by atoms with Crippen LogP contribution in [0.5, 0.6) is 0 Å². The van der Waals surface area contributed by atoms with Crippen LogP contribution < -0.4 is 0 Å². The summed E-state index contributed by atoms with van der Waals surface area (Å²) in [5, 5.41) is 0. The minimum atomic E-state index is -5.71. The molecule has 1 fully saturated rings. The van der Waals surface area contributed by atoms with Crippen molar-refractivity contribution in [1.29, 1.82) is 0 Å². The van der Waals surface area contributed by atoms with Crippen LogP contribution in [0.15, 0.2) is 30.3 Å². The van der Waals surface area contributed by atoms with Gasteiger partial charge in [0, 0.05) is 13.5 Å². The van der Waals surface area contributed by atoms with Gasteiger partial charge in [0.05, 0.1) is 19.3 Å². The first-order chi connectivity index (χ1) is 11.2. The third kappa shape index (κ3) is 4.90. The molecule has 24 heavy (non-hydrogen) atoms. The maximum Gasteiger partial charge on any atom is 0.523 e. The van der Waals surface area contributed by atoms with Crippen LogP contribution in [-0.2, 0) is 35.1 Å². The van der Waals surface area contributed by atoms with E-state index in [1.165, 1.54) is 7.11 Å². The summed E-state index contributed by atoms with van der Waals surface area (Å²) >= 11 is 0. The molecule has 2 rings (SSSR count). The summed E-state index contributed by atoms with van der Waals surface area (Å²) in [6.07, 6.45) is -3.32. The number of halogens is 3. The molecule has 1 aromatic rings. The van der Waals surface area contributed by atoms with Crippen molar-refractivity contribution in [3.8, 4) is 0 Å². The molecule has 1 aliphatic heterocycles. The van der Waals surface area contributed by atoms with Crippen molar-refractivity contribution >= 4 is 10.1 Å². The van der Waals surface area contributed by atoms with Crippen molar-refractivity contribution in [2.24, 2.45) is 0 Å². The minimum absolute atomic E-state index is 0.0701. The van der Waals surface area contributed by atoms with Gasteiger partial charge in [-0.25, -0.2) is 0 Å². The zero-order chi connectivity index (χ0) is 17.8. The summed E-state index contributed by atoms with van der Waals surface area (Å²) in [6.45, 7) is 0.366. The number of rotatable bonds is 7. The Morgan fingerprint density at radius 2 is 1.92 bits per heavy atom. The van der Waals surface area contributed by atoms with E-state index in [9.17, 15) is 21.6 Å². The molecule has 0 saturated carbocycles. The quantitative estimate of drug-likeness (QED) is 0.541. The van der Waals surface area contributed by atoms with Crippen molar-refractivity contribution in [2.75, 3.05) is 13.7 Å². The van der Waals surface area contributed by atoms with Gasteiger partial charge in [-0.2, -0.15) is 21.6 Å². The normalized spacial score (nSPS) is 25.1. The predicted molar refractivity (Wildman–Crippen MR) is 76.2 cm³/mol. The number of benzene rings is 1. The Morgan fingerprint density at radius 1 is 1.25 bits per heavy atom. The number of hydrogen-bond acceptors (Lipinski definition) is 6. The van der Waals surface area contributed by atoms with Gasteiger partial charge in [0.25, 0.3) is 0 Å². The van der Waals surface area contributed by atoms with Gasteiger partial charge >= 0.3 is 15.6 Å². The second-order valence-corrected chi connectivity index (χ2v) is 6.70. The van der Waals surface area contributed by atoms with E-state index >= 15 is 0 Å². The largest absolute Gasteiger partial charge is 0.523 e. The molecule has 1 unspecified atom stereocenters. The molecular weight excluding hydrogens is 353 g/mol. The molecule has 136 valence electrons. The summed E-state index contributed by atoms with van der Waals surface area (Å²) in [4.78, 5) is 0. The maximum atomic E-state index is 12.4. The lowest BCUT2D eigenvalue weighted by Crippen LogP contribution is -2.34. The topological polar surface area (TPSA) is 71.1 Å². The molecule has 0 N–H and O–H groups in total. The van der Waals surface area contributed by atoms with E-state index in [1.54, 1.807) is 0 Å². The third-order valence-corrected chi connectivity index (χ3v) is 4.37. The molecule has 1 aliphatic rings. The average molecular weight is 370 g/mol. The SMILES string of the molecule is COC1O[C@@H](COCc2ccccc2)C[C@@H]1OS(=O)(=O)C(F)(F)F. The highest BCUT2D eigenvalue weighted by atomic mass is 32.2. The zero-order valence-corrected chi connectivity index (χ0v) is 13.5. The first-order valence-electron chi connectivity index (χ1n) is 7.02. The van der Waals surface area contributed by atoms with E-state index < -0.39 is 34.1 Å². The highest BCUT2D eigenvalue weighted by Crippen LogP contribution is 2.31. The van der Waals surface area contributed by atoms with Crippen LogP contribution in [0.25, 0.3) is 0 Å². The summed E-state index contributed by atoms with van der Waals surface area (Å²) < 4.78 is 79.1. The molecule has 10 heteroatoms. The van der Waals surface area contributed by atoms with E-state index in [1.807, 2.05) is 30.3 Å². The first kappa shape index (κ1) is 19.1. The lowest BCUT2D eigenvalue weighted by atomic mass is 10.2. The van der Waals surface area contributed by atoms with Gasteiger partial charge in [0.15, 0.2) is 6.29 Å². The van der Waals surface area contributed by atoms with Gasteiger partial charge in [-0.3, -0.25) is 4.18 Å². The second-order valence-electron chi connectivity index (χ2n) is 5.13. The van der Waals surface area contributed by atoms with E-state index in [0.717, 1.165) is 5.56 Å². The number of hydrogen-bond donors (Lipinski definition) is 0. The Labute approximate surface area is 137 Å². The highest BCUT2D eigenvalue weighted by Gasteiger charge is 2.51. The molecule has 3 atom stereocenters. The smallest absolute Gasteiger partial charge is 0.374 e. The van der Waals surface area contributed by atoms with Gasteiger partial charge < -0.3 is 14.2 Å². The van der Waals surface area contributed by atoms with Crippen LogP contribution in [0.4, 0.5) is 13.2 Å². The van der Waals surface area contributed by atoms with Crippen molar-refractivity contribution < 1.29 is 40.0 Å². The maximum absolute atomic E-state index is 12.4. The molecular formula is C14H17F3O6S. The zero-order valence-electron chi connectivity index (χ0n) is 12.7. The number of methoxy groups -OCH3 is 1. The Morgan fingerprint density at radius 3 is 2.50 bits per heavy atom. The predicted octanol–water partition coefficient (Wildman–Crippen LogP) is 2.20. The second kappa shape index (κ2) is 7.79. The van der Waals surface area contributed by atoms with Gasteiger partial charge in [-0.15, -0.1) is 0 Å². The fraction of sp³-hybridized carbons (Fsp3) is 0.571. The Hall–Kier alpha value is -1.20. The van der Waals surface area contributed by atoms with Crippen LogP contribution in [-0.4, -0.2) is 46.1 Å². The van der Waals surface area contributed by atoms with Crippen LogP contribution in [0, 0.1) is 0 Å². The Balaban J connectivity index is 1.87. The Bertz CT molecular complexity index is 619. The molecule has 0 radical (unpaired) electrons. The Kier molecular flexibility index (Phi) is 6.21. The molecule has 1 aromatic carbocycles. The van der Waals surface area contributed by atoms with E-state index in [-0.39, 0.29) is 13.0 Å². The summed E-state index contributed by atoms with van der Waals surface area (Å²) in [6, 6.07) is 9.26. The number of alkyl halides is 3. The van der Waals surface area contributed by atoms with Crippen molar-refractivity contribution in [1.82, 2.24) is 0 Å². The molecule has 0 amide bonds. The van der Waals surface area contributed by atoms with Gasteiger partial charge in [0.2, 0.25) is 0 Å². The molecule has 0 aliphatic carbocycles. The first-order valence-corrected chi connectivity index (χ1v) is 8.43. The van der Waals surface area contributed by atoms with Gasteiger partial charge in [-0.1, -0.05) is 30.3 Å². The minimum Gasteiger partial charge on any atom is -0.374 e. The lowest BCUT2D eigenvalue weighted by Gasteiger charge is -2.17. The lowest BCUT2D eigenvalue weighted by molar-refractivity contribution is -0.154. The third-order valence-electron chi connectivity index (χ3n) is 3.31. The summed E-state index contributed by atoms with van der Waals surface area (Å²) in [5.74, 6) is 0. The molecule has 0 spiro atoms. The summed E-state index contributed by atoms with van der Waals surface area (Å²) in [7, 11) is -4.52. The fourth-order valence-electron chi connectivity index (χ4n) is 2.20. The number of ether oxygens (including phenoxy) is 3. The van der Waals surface area contributed by atoms with Gasteiger partial charge in [0.1, 0.15) is 6.10 Å². The van der Waals surface area contributed by atoms with Crippen molar-refractivity contribution in [2.45, 2.75) is 37.0 Å². The van der Waals surface area contributed by atoms with Crippen LogP contribution in [0.2, 0.25) is 0 Å². The van der Waals surface area contributed by atoms with Crippen LogP contribution >= 0.6 is 0 Å². The molecule has 6 nitrogen and oxygen atoms in total. The molecule has 0 aromatic heterocycles. The standard InChI is InChI=1S/C14H17F3O6S/c1-20-13-12(23-24(18,19)14(15,16)17)7-11(22-13)9-21-8-10-5-3-2-4-6-10/h2-6,11-13H,7-9H2,1H3/t11-,12+,13?/m1/s1. The van der Waals surface area contributed by atoms with Crippen molar-refractivity contribution in [3.63, 3.8) is 0 Å². The molecule has 1 saturated heterocycles. The van der Waals surface area contributed by atoms with Crippen LogP contribution in [0.1, 0.15) is 12.0 Å². The van der Waals surface area contributed by atoms with E-state index in [2.05, 4.69) is 4.18 Å². The average Bonchev–Trinajstić information content (AvgIpc) is 2.88. The fourth-order valence-corrected chi connectivity index (χ4v) is 2.81. The summed E-state index contributed by atoms with van der Waals surface area (Å²) in [5.41, 5.74) is -4.57. The van der Waals surface area contributed by atoms with Gasteiger partial charge in [-0.05, 0) is 5.56 Å². The van der Waals surface area contributed by atoms with E-state index in [0.29, 0.717) is 6.61 Å². The molecule has 0 bridgehead atoms. The highest BCUT2D eigenvalue weighted by molar-refractivity contribution is 7.87. The van der Waals surface area contributed by atoms with Crippen LogP contribution in [0.3, 0.4) is 0 Å².